The van der Waals surface area contributed by atoms with E-state index in [-0.39, 0.29) is 22.5 Å². The van der Waals surface area contributed by atoms with Gasteiger partial charge in [0.2, 0.25) is 0 Å². The van der Waals surface area contributed by atoms with Gasteiger partial charge in [0.05, 0.1) is 22.4 Å². The molecule has 39 heavy (non-hydrogen) atoms. The predicted molar refractivity (Wildman–Crippen MR) is 154 cm³/mol. The van der Waals surface area contributed by atoms with Crippen LogP contribution in [-0.4, -0.2) is 38.6 Å². The summed E-state index contributed by atoms with van der Waals surface area (Å²) >= 11 is 6.13. The van der Waals surface area contributed by atoms with E-state index in [1.165, 1.54) is 6.07 Å². The molecule has 1 aliphatic carbocycles. The van der Waals surface area contributed by atoms with Gasteiger partial charge in [-0.2, -0.15) is 0 Å². The lowest BCUT2D eigenvalue weighted by molar-refractivity contribution is 0.158. The average molecular weight is 546 g/mol. The third-order valence-electron chi connectivity index (χ3n) is 7.99. The Bertz CT molecular complexity index is 1570. The Hall–Kier alpha value is -3.29. The van der Waals surface area contributed by atoms with Crippen molar-refractivity contribution in [3.8, 4) is 0 Å². The normalized spacial score (nSPS) is 17.8. The Balaban J connectivity index is 1.37. The molecular weight excluding hydrogens is 513 g/mol. The van der Waals surface area contributed by atoms with Crippen LogP contribution < -0.4 is 10.3 Å². The van der Waals surface area contributed by atoms with Gasteiger partial charge in [-0.3, -0.25) is 19.7 Å². The molecule has 6 nitrogen and oxygen atoms in total. The van der Waals surface area contributed by atoms with Crippen molar-refractivity contribution in [2.45, 2.75) is 64.7 Å². The second-order valence-electron chi connectivity index (χ2n) is 11.0. The van der Waals surface area contributed by atoms with Crippen molar-refractivity contribution in [1.82, 2.24) is 19.4 Å². The van der Waals surface area contributed by atoms with Crippen LogP contribution in [0.2, 0.25) is 5.02 Å². The standard InChI is InChI=1S/C31H33ClFN5O/c1-20-5-6-25(15-35-20)36-13-3-4-26(19-36)37(16-22-11-12-34-21(2)14-22)17-23-18-38(24-7-8-24)30-27(31(23)39)9-10-28(32)29(30)33/h5-6,9-12,14-15,18,24,26H,3-4,7-8,13,16-17,19H2,1-2H3/t26-/m0/s1. The number of aryl methyl sites for hydroxylation is 2. The number of hydrogen-bond donors (Lipinski definition) is 0. The molecule has 0 bridgehead atoms. The Morgan fingerprint density at radius 1 is 1.05 bits per heavy atom. The lowest BCUT2D eigenvalue weighted by Crippen LogP contribution is -2.48. The van der Waals surface area contributed by atoms with Crippen molar-refractivity contribution < 1.29 is 4.39 Å². The van der Waals surface area contributed by atoms with Gasteiger partial charge in [0, 0.05) is 73.0 Å². The minimum Gasteiger partial charge on any atom is -0.369 e. The van der Waals surface area contributed by atoms with Crippen LogP contribution in [0, 0.1) is 19.7 Å². The molecule has 1 aliphatic heterocycles. The second-order valence-corrected chi connectivity index (χ2v) is 11.4. The molecule has 0 amide bonds. The summed E-state index contributed by atoms with van der Waals surface area (Å²) < 4.78 is 17.1. The topological polar surface area (TPSA) is 54.3 Å². The smallest absolute Gasteiger partial charge is 0.193 e. The number of pyridine rings is 3. The van der Waals surface area contributed by atoms with Gasteiger partial charge in [-0.05, 0) is 81.5 Å². The molecule has 0 radical (unpaired) electrons. The second kappa shape index (κ2) is 10.7. The fourth-order valence-electron chi connectivity index (χ4n) is 5.80. The van der Waals surface area contributed by atoms with Crippen LogP contribution in [0.4, 0.5) is 10.1 Å². The monoisotopic (exact) mass is 545 g/mol. The minimum absolute atomic E-state index is 0.0478. The molecule has 2 fully saturated rings. The highest BCUT2D eigenvalue weighted by atomic mass is 35.5. The molecule has 0 N–H and O–H groups in total. The van der Waals surface area contributed by atoms with Crippen molar-refractivity contribution in [1.29, 1.82) is 0 Å². The van der Waals surface area contributed by atoms with Crippen molar-refractivity contribution in [3.05, 3.63) is 98.6 Å². The molecule has 2 aliphatic rings. The first-order valence-corrected chi connectivity index (χ1v) is 14.1. The van der Waals surface area contributed by atoms with Crippen molar-refractivity contribution in [2.24, 2.45) is 0 Å². The summed E-state index contributed by atoms with van der Waals surface area (Å²) in [6.45, 7) is 7.01. The molecule has 1 saturated heterocycles. The van der Waals surface area contributed by atoms with Gasteiger partial charge in [0.25, 0.3) is 0 Å². The van der Waals surface area contributed by atoms with E-state index in [2.05, 4.69) is 38.0 Å². The Labute approximate surface area is 233 Å². The zero-order chi connectivity index (χ0) is 27.1. The summed E-state index contributed by atoms with van der Waals surface area (Å²) in [6.07, 6.45) is 9.73. The SMILES string of the molecule is Cc1ccc(N2CCC[C@H](N(Cc3ccnc(C)c3)Cc3cn(C4CC4)c4c(F)c(Cl)ccc4c3=O)C2)cn1. The zero-order valence-corrected chi connectivity index (χ0v) is 23.2. The molecule has 1 aromatic carbocycles. The molecular formula is C31H33ClFN5O. The highest BCUT2D eigenvalue weighted by Gasteiger charge is 2.30. The third-order valence-corrected chi connectivity index (χ3v) is 8.28. The Kier molecular flexibility index (Phi) is 7.12. The summed E-state index contributed by atoms with van der Waals surface area (Å²) in [5.74, 6) is -0.511. The van der Waals surface area contributed by atoms with Crippen LogP contribution in [0.25, 0.3) is 10.9 Å². The Morgan fingerprint density at radius 3 is 2.64 bits per heavy atom. The number of aromatic nitrogens is 3. The zero-order valence-electron chi connectivity index (χ0n) is 22.4. The number of anilines is 1. The van der Waals surface area contributed by atoms with Crippen LogP contribution in [0.5, 0.6) is 0 Å². The number of fused-ring (bicyclic) bond motifs is 1. The summed E-state index contributed by atoms with van der Waals surface area (Å²) in [7, 11) is 0. The van der Waals surface area contributed by atoms with Crippen molar-refractivity contribution >= 4 is 28.2 Å². The van der Waals surface area contributed by atoms with Gasteiger partial charge >= 0.3 is 0 Å². The maximum absolute atomic E-state index is 15.1. The van der Waals surface area contributed by atoms with Gasteiger partial charge in [-0.15, -0.1) is 0 Å². The maximum atomic E-state index is 15.1. The van der Waals surface area contributed by atoms with Gasteiger partial charge in [0.1, 0.15) is 0 Å². The number of hydrogen-bond acceptors (Lipinski definition) is 5. The van der Waals surface area contributed by atoms with Crippen LogP contribution in [0.15, 0.2) is 59.8 Å². The van der Waals surface area contributed by atoms with Crippen LogP contribution in [0.3, 0.4) is 0 Å². The highest BCUT2D eigenvalue weighted by molar-refractivity contribution is 6.31. The van der Waals surface area contributed by atoms with Crippen LogP contribution in [-0.2, 0) is 13.1 Å². The fraction of sp³-hybridized carbons (Fsp3) is 0.387. The summed E-state index contributed by atoms with van der Waals surface area (Å²) in [5.41, 5.74) is 5.16. The molecule has 0 unspecified atom stereocenters. The molecule has 8 heteroatoms. The number of benzene rings is 1. The van der Waals surface area contributed by atoms with E-state index in [0.29, 0.717) is 29.6 Å². The van der Waals surface area contributed by atoms with Gasteiger partial charge < -0.3 is 9.47 Å². The number of halogens is 2. The molecule has 0 spiro atoms. The number of piperidine rings is 1. The number of rotatable bonds is 7. The molecule has 4 aromatic rings. The molecule has 202 valence electrons. The molecule has 3 aromatic heterocycles. The first-order valence-electron chi connectivity index (χ1n) is 13.7. The van der Waals surface area contributed by atoms with E-state index in [4.69, 9.17) is 11.6 Å². The van der Waals surface area contributed by atoms with Gasteiger partial charge in [0.15, 0.2) is 11.2 Å². The maximum Gasteiger partial charge on any atom is 0.193 e. The number of nitrogens with zero attached hydrogens (tertiary/aromatic N) is 5. The lowest BCUT2D eigenvalue weighted by Gasteiger charge is -2.40. The van der Waals surface area contributed by atoms with E-state index < -0.39 is 5.82 Å². The summed E-state index contributed by atoms with van der Waals surface area (Å²) in [5, 5.41) is 0.448. The Morgan fingerprint density at radius 2 is 1.90 bits per heavy atom. The van der Waals surface area contributed by atoms with E-state index >= 15 is 4.39 Å². The van der Waals surface area contributed by atoms with E-state index in [9.17, 15) is 4.79 Å². The lowest BCUT2D eigenvalue weighted by atomic mass is 10.0. The first-order chi connectivity index (χ1) is 18.9. The first kappa shape index (κ1) is 26.0. The van der Waals surface area contributed by atoms with Crippen molar-refractivity contribution in [2.75, 3.05) is 18.0 Å². The molecule has 1 atom stereocenters. The molecule has 1 saturated carbocycles. The van der Waals surface area contributed by atoms with E-state index in [1.807, 2.05) is 43.1 Å². The largest absolute Gasteiger partial charge is 0.369 e. The van der Waals surface area contributed by atoms with Crippen molar-refractivity contribution in [3.63, 3.8) is 0 Å². The van der Waals surface area contributed by atoms with Crippen LogP contribution in [0.1, 0.15) is 54.2 Å². The minimum atomic E-state index is -0.511. The highest BCUT2D eigenvalue weighted by Crippen LogP contribution is 2.38. The van der Waals surface area contributed by atoms with Gasteiger partial charge in [-0.25, -0.2) is 4.39 Å². The van der Waals surface area contributed by atoms with E-state index in [0.717, 1.165) is 61.4 Å². The summed E-state index contributed by atoms with van der Waals surface area (Å²) in [6, 6.07) is 12.0. The predicted octanol–water partition coefficient (Wildman–Crippen LogP) is 6.21. The fourth-order valence-corrected chi connectivity index (χ4v) is 5.95. The van der Waals surface area contributed by atoms with Crippen LogP contribution >= 0.6 is 11.6 Å². The quantitative estimate of drug-likeness (QED) is 0.276. The van der Waals surface area contributed by atoms with E-state index in [1.54, 1.807) is 6.07 Å². The molecule has 6 rings (SSSR count). The summed E-state index contributed by atoms with van der Waals surface area (Å²) in [4.78, 5) is 27.4. The third kappa shape index (κ3) is 5.43. The molecule has 4 heterocycles. The van der Waals surface area contributed by atoms with Gasteiger partial charge in [-0.1, -0.05) is 11.6 Å². The average Bonchev–Trinajstić information content (AvgIpc) is 3.78.